The summed E-state index contributed by atoms with van der Waals surface area (Å²) in [4.78, 5) is 24.7. The van der Waals surface area contributed by atoms with Crippen LogP contribution >= 0.6 is 0 Å². The molecule has 1 amide bonds. The van der Waals surface area contributed by atoms with E-state index in [0.29, 0.717) is 49.9 Å². The largest absolute Gasteiger partial charge is 0.493 e. The van der Waals surface area contributed by atoms with Crippen molar-refractivity contribution in [3.8, 4) is 11.5 Å². The summed E-state index contributed by atoms with van der Waals surface area (Å²) in [5.41, 5.74) is 12.4. The second-order valence-corrected chi connectivity index (χ2v) is 12.2. The molecule has 8 heteroatoms. The molecule has 8 nitrogen and oxygen atoms in total. The highest BCUT2D eigenvalue weighted by molar-refractivity contribution is 5.84. The van der Waals surface area contributed by atoms with Crippen LogP contribution in [-0.2, 0) is 20.7 Å². The number of carbonyl (C=O) groups excluding carboxylic acids is 2. The van der Waals surface area contributed by atoms with Crippen LogP contribution in [0.25, 0.3) is 0 Å². The van der Waals surface area contributed by atoms with Gasteiger partial charge in [0, 0.05) is 43.9 Å². The number of hydrogen-bond donors (Lipinski definition) is 3. The van der Waals surface area contributed by atoms with Gasteiger partial charge in [0.2, 0.25) is 5.91 Å². The Kier molecular flexibility index (Phi) is 15.0. The number of Topliss-reactive ketones (excluding diaryl/α,β-unsaturated/α-hetero) is 1. The molecule has 4 atom stereocenters. The molecule has 0 fully saturated rings. The van der Waals surface area contributed by atoms with E-state index in [9.17, 15) is 14.7 Å². The highest BCUT2D eigenvalue weighted by atomic mass is 16.5. The Morgan fingerprint density at radius 2 is 1.67 bits per heavy atom. The summed E-state index contributed by atoms with van der Waals surface area (Å²) in [6.45, 7) is 13.0. The number of ketones is 1. The van der Waals surface area contributed by atoms with E-state index in [2.05, 4.69) is 13.8 Å². The van der Waals surface area contributed by atoms with Crippen molar-refractivity contribution in [1.29, 1.82) is 0 Å². The van der Waals surface area contributed by atoms with E-state index < -0.39 is 23.5 Å². The average Bonchev–Trinajstić information content (AvgIpc) is 2.87. The van der Waals surface area contributed by atoms with E-state index in [-0.39, 0.29) is 30.0 Å². The number of benzene rings is 1. The summed E-state index contributed by atoms with van der Waals surface area (Å²) < 4.78 is 16.5. The highest BCUT2D eigenvalue weighted by Gasteiger charge is 2.32. The number of ether oxygens (including phenoxy) is 3. The minimum absolute atomic E-state index is 0.0437. The molecule has 0 radical (unpaired) electrons. The van der Waals surface area contributed by atoms with Gasteiger partial charge in [-0.1, -0.05) is 47.6 Å². The summed E-state index contributed by atoms with van der Waals surface area (Å²) >= 11 is 0. The van der Waals surface area contributed by atoms with Gasteiger partial charge in [0.25, 0.3) is 0 Å². The first-order chi connectivity index (χ1) is 18.2. The third kappa shape index (κ3) is 11.9. The molecule has 0 bridgehead atoms. The zero-order chi connectivity index (χ0) is 29.8. The Bertz CT molecular complexity index is 886. The smallest absolute Gasteiger partial charge is 0.223 e. The van der Waals surface area contributed by atoms with Gasteiger partial charge in [-0.15, -0.1) is 0 Å². The van der Waals surface area contributed by atoms with Crippen LogP contribution in [-0.4, -0.2) is 56.4 Å². The normalized spacial score (nSPS) is 15.2. The third-order valence-corrected chi connectivity index (χ3v) is 7.87. The molecular formula is C31H54N2O6. The van der Waals surface area contributed by atoms with Gasteiger partial charge in [-0.25, -0.2) is 0 Å². The maximum atomic E-state index is 13.0. The maximum absolute atomic E-state index is 13.0. The molecule has 0 saturated carbocycles. The zero-order valence-corrected chi connectivity index (χ0v) is 25.5. The second kappa shape index (κ2) is 16.8. The number of aliphatic hydroxyl groups is 1. The van der Waals surface area contributed by atoms with Crippen molar-refractivity contribution in [2.24, 2.45) is 40.6 Å². The molecule has 0 aromatic heterocycles. The summed E-state index contributed by atoms with van der Waals surface area (Å²) in [5, 5.41) is 11.1. The lowest BCUT2D eigenvalue weighted by atomic mass is 9.78. The summed E-state index contributed by atoms with van der Waals surface area (Å²) in [5.74, 6) is 1.32. The van der Waals surface area contributed by atoms with Gasteiger partial charge in [0.05, 0.1) is 19.8 Å². The van der Waals surface area contributed by atoms with Crippen molar-refractivity contribution in [1.82, 2.24) is 0 Å². The second-order valence-electron chi connectivity index (χ2n) is 12.2. The van der Waals surface area contributed by atoms with Crippen LogP contribution in [0.3, 0.4) is 0 Å². The molecule has 39 heavy (non-hydrogen) atoms. The fraction of sp³-hybridized carbons (Fsp3) is 0.742. The van der Waals surface area contributed by atoms with Crippen LogP contribution in [0.15, 0.2) is 18.2 Å². The molecule has 0 heterocycles. The Labute approximate surface area is 236 Å². The van der Waals surface area contributed by atoms with Crippen LogP contribution in [0.4, 0.5) is 0 Å². The lowest BCUT2D eigenvalue weighted by molar-refractivity contribution is -0.128. The molecule has 0 spiro atoms. The van der Waals surface area contributed by atoms with Crippen LogP contribution in [0.1, 0.15) is 79.2 Å². The third-order valence-electron chi connectivity index (χ3n) is 7.87. The molecule has 0 aliphatic carbocycles. The van der Waals surface area contributed by atoms with E-state index >= 15 is 0 Å². The Morgan fingerprint density at radius 3 is 2.21 bits per heavy atom. The molecule has 0 saturated heterocycles. The monoisotopic (exact) mass is 550 g/mol. The van der Waals surface area contributed by atoms with Gasteiger partial charge in [-0.3, -0.25) is 9.59 Å². The number of rotatable bonds is 20. The lowest BCUT2D eigenvalue weighted by Crippen LogP contribution is -2.41. The highest BCUT2D eigenvalue weighted by Crippen LogP contribution is 2.32. The first kappa shape index (κ1) is 34.9. The van der Waals surface area contributed by atoms with Gasteiger partial charge < -0.3 is 30.8 Å². The van der Waals surface area contributed by atoms with E-state index in [0.717, 1.165) is 18.4 Å². The van der Waals surface area contributed by atoms with Gasteiger partial charge in [-0.05, 0) is 61.1 Å². The number of aliphatic hydroxyl groups excluding tert-OH is 1. The number of primary amides is 1. The predicted octanol–water partition coefficient (Wildman–Crippen LogP) is 4.53. The molecular weight excluding hydrogens is 496 g/mol. The molecule has 1 rings (SSSR count). The minimum atomic E-state index is -0.803. The number of nitrogens with two attached hydrogens (primary N) is 2. The van der Waals surface area contributed by atoms with Crippen molar-refractivity contribution < 1.29 is 28.9 Å². The first-order valence-electron chi connectivity index (χ1n) is 14.3. The van der Waals surface area contributed by atoms with E-state index in [4.69, 9.17) is 25.7 Å². The maximum Gasteiger partial charge on any atom is 0.223 e. The van der Waals surface area contributed by atoms with Crippen molar-refractivity contribution in [2.75, 3.05) is 27.4 Å². The van der Waals surface area contributed by atoms with Gasteiger partial charge >= 0.3 is 0 Å². The van der Waals surface area contributed by atoms with Gasteiger partial charge in [0.15, 0.2) is 11.5 Å². The molecule has 0 unspecified atom stereocenters. The summed E-state index contributed by atoms with van der Waals surface area (Å²) in [6, 6.07) is 5.52. The number of carbonyl (C=O) groups is 2. The van der Waals surface area contributed by atoms with Crippen molar-refractivity contribution in [2.45, 2.75) is 92.2 Å². The number of hydrogen-bond acceptors (Lipinski definition) is 7. The fourth-order valence-electron chi connectivity index (χ4n) is 4.70. The van der Waals surface area contributed by atoms with Crippen LogP contribution in [0.2, 0.25) is 0 Å². The first-order valence-corrected chi connectivity index (χ1v) is 14.3. The Morgan fingerprint density at radius 1 is 1.00 bits per heavy atom. The van der Waals surface area contributed by atoms with Crippen LogP contribution in [0, 0.1) is 29.1 Å². The van der Waals surface area contributed by atoms with E-state index in [1.54, 1.807) is 28.1 Å². The SMILES string of the molecule is COCCCOc1cc(C[C@@H](C[C@H](N)[C@@H](O)C[C@H](C(=O)CCC(C)(C)C(N)=O)C(C)C)C(C)C)ccc1OC. The van der Waals surface area contributed by atoms with E-state index in [1.165, 1.54) is 0 Å². The van der Waals surface area contributed by atoms with Crippen LogP contribution in [0.5, 0.6) is 11.5 Å². The molecule has 0 aliphatic rings. The molecule has 1 aromatic rings. The Balaban J connectivity index is 2.87. The minimum Gasteiger partial charge on any atom is -0.493 e. The quantitative estimate of drug-likeness (QED) is 0.203. The predicted molar refractivity (Wildman–Crippen MR) is 156 cm³/mol. The number of methoxy groups -OCH3 is 2. The summed E-state index contributed by atoms with van der Waals surface area (Å²) in [6.07, 6.45) is 2.34. The topological polar surface area (TPSA) is 134 Å². The fourth-order valence-corrected chi connectivity index (χ4v) is 4.70. The van der Waals surface area contributed by atoms with Crippen LogP contribution < -0.4 is 20.9 Å². The molecule has 0 aliphatic heterocycles. The van der Waals surface area contributed by atoms with Crippen molar-refractivity contribution >= 4 is 11.7 Å². The average molecular weight is 551 g/mol. The van der Waals surface area contributed by atoms with Crippen molar-refractivity contribution in [3.05, 3.63) is 23.8 Å². The zero-order valence-electron chi connectivity index (χ0n) is 25.5. The number of amides is 1. The van der Waals surface area contributed by atoms with Gasteiger partial charge in [0.1, 0.15) is 5.78 Å². The molecule has 1 aromatic carbocycles. The van der Waals surface area contributed by atoms with E-state index in [1.807, 2.05) is 32.0 Å². The van der Waals surface area contributed by atoms with Crippen molar-refractivity contribution in [3.63, 3.8) is 0 Å². The van der Waals surface area contributed by atoms with Gasteiger partial charge in [-0.2, -0.15) is 0 Å². The lowest BCUT2D eigenvalue weighted by Gasteiger charge is -2.30. The summed E-state index contributed by atoms with van der Waals surface area (Å²) in [7, 11) is 3.30. The Hall–Kier alpha value is -2.16. The standard InChI is InChI=1S/C31H54N2O6/c1-20(2)23(16-22-10-11-28(38-8)29(17-22)39-15-9-14-37-7)18-25(32)27(35)19-24(21(3)4)26(34)12-13-31(5,6)30(33)36/h10-11,17,20-21,23-25,27,35H,9,12-16,18-19,32H2,1-8H3,(H2,33,36)/t23-,24-,25-,27-/m0/s1. The molecule has 5 N–H and O–H groups in total. The molecule has 224 valence electrons.